The van der Waals surface area contributed by atoms with Crippen molar-refractivity contribution >= 4 is 0 Å². The lowest BCUT2D eigenvalue weighted by Gasteiger charge is -2.21. The first-order valence-corrected chi connectivity index (χ1v) is 7.22. The van der Waals surface area contributed by atoms with E-state index in [9.17, 15) is 0 Å². The molecular weight excluding hydrogens is 236 g/mol. The third-order valence-corrected chi connectivity index (χ3v) is 4.12. The number of hydrogen-bond acceptors (Lipinski definition) is 3. The highest BCUT2D eigenvalue weighted by Crippen LogP contribution is 2.19. The van der Waals surface area contributed by atoms with Gasteiger partial charge in [0.1, 0.15) is 0 Å². The number of benzene rings is 1. The molecule has 3 nitrogen and oxygen atoms in total. The zero-order chi connectivity index (χ0) is 13.7. The second kappa shape index (κ2) is 7.04. The van der Waals surface area contributed by atoms with Crippen LogP contribution in [-0.2, 0) is 4.74 Å². The number of ether oxygens (including phenoxy) is 1. The molecule has 1 saturated heterocycles. The van der Waals surface area contributed by atoms with Crippen LogP contribution in [0, 0.1) is 6.92 Å². The number of hydrogen-bond donors (Lipinski definition) is 1. The zero-order valence-corrected chi connectivity index (χ0v) is 12.4. The summed E-state index contributed by atoms with van der Waals surface area (Å²) in [5.41, 5.74) is 2.71. The first-order chi connectivity index (χ1) is 9.22. The topological polar surface area (TPSA) is 24.5 Å². The van der Waals surface area contributed by atoms with Gasteiger partial charge in [0.05, 0.1) is 6.10 Å². The van der Waals surface area contributed by atoms with Crippen molar-refractivity contribution in [3.8, 4) is 0 Å². The number of aryl methyl sites for hydroxylation is 1. The molecule has 0 saturated carbocycles. The van der Waals surface area contributed by atoms with E-state index < -0.39 is 0 Å². The van der Waals surface area contributed by atoms with Crippen molar-refractivity contribution in [1.82, 2.24) is 10.2 Å². The maximum absolute atomic E-state index is 5.42. The molecule has 0 spiro atoms. The SMILES string of the molecule is CNC(CCN1CCC(OC)C1)c1ccc(C)cc1. The van der Waals surface area contributed by atoms with Crippen LogP contribution in [0.1, 0.15) is 30.0 Å². The van der Waals surface area contributed by atoms with Crippen LogP contribution in [0.5, 0.6) is 0 Å². The predicted molar refractivity (Wildman–Crippen MR) is 79.5 cm³/mol. The van der Waals surface area contributed by atoms with E-state index in [-0.39, 0.29) is 0 Å². The molecule has 1 aromatic carbocycles. The molecule has 2 atom stereocenters. The van der Waals surface area contributed by atoms with Crippen LogP contribution in [0.15, 0.2) is 24.3 Å². The van der Waals surface area contributed by atoms with Gasteiger partial charge in [-0.2, -0.15) is 0 Å². The average molecular weight is 262 g/mol. The van der Waals surface area contributed by atoms with Gasteiger partial charge in [0.2, 0.25) is 0 Å². The Labute approximate surface area is 116 Å². The molecule has 1 N–H and O–H groups in total. The van der Waals surface area contributed by atoms with Crippen molar-refractivity contribution in [2.75, 3.05) is 33.8 Å². The lowest BCUT2D eigenvalue weighted by Crippen LogP contribution is -2.27. The van der Waals surface area contributed by atoms with E-state index in [0.29, 0.717) is 12.1 Å². The minimum absolute atomic E-state index is 0.437. The van der Waals surface area contributed by atoms with Crippen molar-refractivity contribution < 1.29 is 4.74 Å². The Kier molecular flexibility index (Phi) is 5.37. The summed E-state index contributed by atoms with van der Waals surface area (Å²) in [6.07, 6.45) is 2.76. The Balaban J connectivity index is 1.84. The predicted octanol–water partition coefficient (Wildman–Crippen LogP) is 2.37. The summed E-state index contributed by atoms with van der Waals surface area (Å²) in [5.74, 6) is 0. The van der Waals surface area contributed by atoms with Crippen LogP contribution in [0.4, 0.5) is 0 Å². The fourth-order valence-corrected chi connectivity index (χ4v) is 2.78. The van der Waals surface area contributed by atoms with Crippen molar-refractivity contribution in [2.45, 2.75) is 31.9 Å². The van der Waals surface area contributed by atoms with E-state index in [1.165, 1.54) is 24.1 Å². The molecule has 19 heavy (non-hydrogen) atoms. The summed E-state index contributed by atoms with van der Waals surface area (Å²) in [6.45, 7) is 5.52. The van der Waals surface area contributed by atoms with Crippen LogP contribution >= 0.6 is 0 Å². The smallest absolute Gasteiger partial charge is 0.0710 e. The number of nitrogens with zero attached hydrogens (tertiary/aromatic N) is 1. The molecule has 0 bridgehead atoms. The highest BCUT2D eigenvalue weighted by atomic mass is 16.5. The van der Waals surface area contributed by atoms with Crippen LogP contribution in [0.25, 0.3) is 0 Å². The average Bonchev–Trinajstić information content (AvgIpc) is 2.89. The quantitative estimate of drug-likeness (QED) is 0.852. The maximum Gasteiger partial charge on any atom is 0.0710 e. The molecule has 2 unspecified atom stereocenters. The van der Waals surface area contributed by atoms with Crippen LogP contribution in [-0.4, -0.2) is 44.8 Å². The lowest BCUT2D eigenvalue weighted by atomic mass is 10.0. The highest BCUT2D eigenvalue weighted by Gasteiger charge is 2.22. The molecule has 0 amide bonds. The Bertz CT molecular complexity index is 377. The van der Waals surface area contributed by atoms with Crippen molar-refractivity contribution in [3.05, 3.63) is 35.4 Å². The molecule has 0 radical (unpaired) electrons. The number of likely N-dealkylation sites (tertiary alicyclic amines) is 1. The fourth-order valence-electron chi connectivity index (χ4n) is 2.78. The largest absolute Gasteiger partial charge is 0.380 e. The molecule has 106 valence electrons. The fraction of sp³-hybridized carbons (Fsp3) is 0.625. The van der Waals surface area contributed by atoms with E-state index >= 15 is 0 Å². The van der Waals surface area contributed by atoms with Crippen LogP contribution in [0.3, 0.4) is 0 Å². The molecule has 0 aromatic heterocycles. The van der Waals surface area contributed by atoms with Crippen molar-refractivity contribution in [2.24, 2.45) is 0 Å². The minimum atomic E-state index is 0.437. The van der Waals surface area contributed by atoms with Gasteiger partial charge < -0.3 is 15.0 Å². The first-order valence-electron chi connectivity index (χ1n) is 7.22. The van der Waals surface area contributed by atoms with Gasteiger partial charge in [-0.3, -0.25) is 0 Å². The highest BCUT2D eigenvalue weighted by molar-refractivity contribution is 5.24. The van der Waals surface area contributed by atoms with Gasteiger partial charge in [-0.25, -0.2) is 0 Å². The molecule has 1 heterocycles. The van der Waals surface area contributed by atoms with Gasteiger partial charge in [0.15, 0.2) is 0 Å². The molecular formula is C16H26N2O. The second-order valence-electron chi connectivity index (χ2n) is 5.49. The Hall–Kier alpha value is -0.900. The molecule has 3 heteroatoms. The second-order valence-corrected chi connectivity index (χ2v) is 5.49. The Morgan fingerprint density at radius 2 is 2.11 bits per heavy atom. The Morgan fingerprint density at radius 3 is 2.68 bits per heavy atom. The normalized spacial score (nSPS) is 21.7. The third kappa shape index (κ3) is 4.03. The Morgan fingerprint density at radius 1 is 1.37 bits per heavy atom. The summed E-state index contributed by atoms with van der Waals surface area (Å²) < 4.78 is 5.42. The maximum atomic E-state index is 5.42. The van der Waals surface area contributed by atoms with E-state index in [1.54, 1.807) is 0 Å². The summed E-state index contributed by atoms with van der Waals surface area (Å²) in [6, 6.07) is 9.30. The molecule has 1 aromatic rings. The molecule has 1 aliphatic rings. The zero-order valence-electron chi connectivity index (χ0n) is 12.4. The summed E-state index contributed by atoms with van der Waals surface area (Å²) in [4.78, 5) is 2.51. The molecule has 2 rings (SSSR count). The molecule has 0 aliphatic carbocycles. The number of methoxy groups -OCH3 is 1. The number of rotatable bonds is 6. The van der Waals surface area contributed by atoms with Gasteiger partial charge in [0.25, 0.3) is 0 Å². The van der Waals surface area contributed by atoms with Gasteiger partial charge in [-0.05, 0) is 32.4 Å². The van der Waals surface area contributed by atoms with Gasteiger partial charge in [-0.15, -0.1) is 0 Å². The van der Waals surface area contributed by atoms with Crippen LogP contribution in [0.2, 0.25) is 0 Å². The van der Waals surface area contributed by atoms with Gasteiger partial charge in [0, 0.05) is 32.8 Å². The van der Waals surface area contributed by atoms with Crippen molar-refractivity contribution in [1.29, 1.82) is 0 Å². The van der Waals surface area contributed by atoms with Gasteiger partial charge >= 0.3 is 0 Å². The van der Waals surface area contributed by atoms with Crippen LogP contribution < -0.4 is 5.32 Å². The van der Waals surface area contributed by atoms with Crippen molar-refractivity contribution in [3.63, 3.8) is 0 Å². The monoisotopic (exact) mass is 262 g/mol. The third-order valence-electron chi connectivity index (χ3n) is 4.12. The summed E-state index contributed by atoms with van der Waals surface area (Å²) in [7, 11) is 3.86. The van der Waals surface area contributed by atoms with Gasteiger partial charge in [-0.1, -0.05) is 29.8 Å². The summed E-state index contributed by atoms with van der Waals surface area (Å²) >= 11 is 0. The van der Waals surface area contributed by atoms with E-state index in [1.807, 2.05) is 14.2 Å². The molecule has 1 fully saturated rings. The molecule has 1 aliphatic heterocycles. The van der Waals surface area contributed by atoms with E-state index in [4.69, 9.17) is 4.74 Å². The number of nitrogens with one attached hydrogen (secondary N) is 1. The van der Waals surface area contributed by atoms with E-state index in [2.05, 4.69) is 41.4 Å². The standard InChI is InChI=1S/C16H26N2O/c1-13-4-6-14(7-5-13)16(17-2)9-11-18-10-8-15(12-18)19-3/h4-7,15-17H,8-12H2,1-3H3. The van der Waals surface area contributed by atoms with E-state index in [0.717, 1.165) is 19.5 Å². The lowest BCUT2D eigenvalue weighted by molar-refractivity contribution is 0.107. The first kappa shape index (κ1) is 14.5. The minimum Gasteiger partial charge on any atom is -0.380 e. The summed E-state index contributed by atoms with van der Waals surface area (Å²) in [5, 5.41) is 3.43.